The summed E-state index contributed by atoms with van der Waals surface area (Å²) in [6.45, 7) is 2.49. The molecule has 0 radical (unpaired) electrons. The summed E-state index contributed by atoms with van der Waals surface area (Å²) in [6.07, 6.45) is 0. The molecule has 2 aromatic heterocycles. The number of methoxy groups -OCH3 is 1. The second kappa shape index (κ2) is 7.85. The van der Waals surface area contributed by atoms with E-state index in [2.05, 4.69) is 14.9 Å². The van der Waals surface area contributed by atoms with E-state index in [-0.39, 0.29) is 11.6 Å². The van der Waals surface area contributed by atoms with Crippen molar-refractivity contribution < 1.29 is 9.53 Å². The Hall–Kier alpha value is -3.13. The highest BCUT2D eigenvalue weighted by Gasteiger charge is 2.25. The molecule has 1 saturated heterocycles. The molecule has 0 bridgehead atoms. The number of H-pyrrole nitrogens is 1. The lowest BCUT2D eigenvalue weighted by atomic mass is 10.2. The standard InChI is InChI=1S/C20H20N4O3S/c1-27-17-6-3-2-5-16(17)23-8-10-24(11-9-23)19(25)15-13-14(21-20(26)22-15)18-7-4-12-28-18/h2-7,12-13H,8-11H2,1H3,(H,21,22,26). The van der Waals surface area contributed by atoms with Crippen LogP contribution in [-0.4, -0.2) is 54.1 Å². The maximum atomic E-state index is 12.9. The number of ether oxygens (including phenoxy) is 1. The third-order valence-corrected chi connectivity index (χ3v) is 5.65. The molecule has 7 nitrogen and oxygen atoms in total. The number of thiophene rings is 1. The molecule has 3 aromatic rings. The second-order valence-electron chi connectivity index (χ2n) is 6.41. The number of benzene rings is 1. The highest BCUT2D eigenvalue weighted by molar-refractivity contribution is 7.13. The maximum Gasteiger partial charge on any atom is 0.346 e. The van der Waals surface area contributed by atoms with Crippen LogP contribution in [0.15, 0.2) is 52.6 Å². The van der Waals surface area contributed by atoms with Gasteiger partial charge in [0.2, 0.25) is 0 Å². The Morgan fingerprint density at radius 2 is 1.93 bits per heavy atom. The van der Waals surface area contributed by atoms with Crippen LogP contribution in [0.3, 0.4) is 0 Å². The molecule has 1 N–H and O–H groups in total. The number of piperazine rings is 1. The number of para-hydroxylation sites is 2. The second-order valence-corrected chi connectivity index (χ2v) is 7.36. The topological polar surface area (TPSA) is 78.5 Å². The van der Waals surface area contributed by atoms with Crippen molar-refractivity contribution in [2.75, 3.05) is 38.2 Å². The Morgan fingerprint density at radius 3 is 2.64 bits per heavy atom. The van der Waals surface area contributed by atoms with Crippen molar-refractivity contribution in [3.8, 4) is 16.3 Å². The highest BCUT2D eigenvalue weighted by atomic mass is 32.1. The normalized spacial score (nSPS) is 14.2. The molecule has 0 saturated carbocycles. The first-order chi connectivity index (χ1) is 13.7. The van der Waals surface area contributed by atoms with Gasteiger partial charge in [0, 0.05) is 26.2 Å². The number of nitrogens with zero attached hydrogens (tertiary/aromatic N) is 3. The molecule has 0 unspecified atom stereocenters. The van der Waals surface area contributed by atoms with Gasteiger partial charge in [0.15, 0.2) is 0 Å². The molecule has 28 heavy (non-hydrogen) atoms. The molecule has 8 heteroatoms. The fourth-order valence-electron chi connectivity index (χ4n) is 3.34. The van der Waals surface area contributed by atoms with Crippen molar-refractivity contribution in [2.45, 2.75) is 0 Å². The van der Waals surface area contributed by atoms with Gasteiger partial charge in [-0.3, -0.25) is 4.79 Å². The number of hydrogen-bond acceptors (Lipinski definition) is 6. The first-order valence-corrected chi connectivity index (χ1v) is 9.86. The Labute approximate surface area is 166 Å². The van der Waals surface area contributed by atoms with E-state index in [0.717, 1.165) is 16.3 Å². The predicted molar refractivity (Wildman–Crippen MR) is 109 cm³/mol. The number of nitrogens with one attached hydrogen (secondary N) is 1. The maximum absolute atomic E-state index is 12.9. The van der Waals surface area contributed by atoms with Gasteiger partial charge in [-0.1, -0.05) is 18.2 Å². The van der Waals surface area contributed by atoms with Gasteiger partial charge in [-0.25, -0.2) is 4.79 Å². The minimum Gasteiger partial charge on any atom is -0.495 e. The van der Waals surface area contributed by atoms with Crippen molar-refractivity contribution in [2.24, 2.45) is 0 Å². The van der Waals surface area contributed by atoms with E-state index >= 15 is 0 Å². The summed E-state index contributed by atoms with van der Waals surface area (Å²) in [4.78, 5) is 36.3. The van der Waals surface area contributed by atoms with E-state index in [1.54, 1.807) is 18.1 Å². The van der Waals surface area contributed by atoms with Crippen LogP contribution in [-0.2, 0) is 0 Å². The van der Waals surface area contributed by atoms with Gasteiger partial charge in [0.05, 0.1) is 23.4 Å². The van der Waals surface area contributed by atoms with Gasteiger partial charge in [0.1, 0.15) is 11.4 Å². The smallest absolute Gasteiger partial charge is 0.346 e. The zero-order valence-electron chi connectivity index (χ0n) is 15.4. The van der Waals surface area contributed by atoms with E-state index < -0.39 is 5.69 Å². The Morgan fingerprint density at radius 1 is 1.14 bits per heavy atom. The van der Waals surface area contributed by atoms with Crippen LogP contribution < -0.4 is 15.3 Å². The summed E-state index contributed by atoms with van der Waals surface area (Å²) in [7, 11) is 1.66. The van der Waals surface area contributed by atoms with Crippen LogP contribution in [0.2, 0.25) is 0 Å². The van der Waals surface area contributed by atoms with Crippen molar-refractivity contribution in [3.05, 3.63) is 64.0 Å². The van der Waals surface area contributed by atoms with Crippen LogP contribution in [0.1, 0.15) is 10.5 Å². The molecular weight excluding hydrogens is 376 g/mol. The van der Waals surface area contributed by atoms with Gasteiger partial charge in [-0.05, 0) is 29.6 Å². The molecule has 0 aliphatic carbocycles. The number of carbonyl (C=O) groups is 1. The minimum atomic E-state index is -0.512. The molecule has 1 fully saturated rings. The van der Waals surface area contributed by atoms with Gasteiger partial charge in [-0.2, -0.15) is 4.98 Å². The minimum absolute atomic E-state index is 0.179. The number of amides is 1. The lowest BCUT2D eigenvalue weighted by Crippen LogP contribution is -2.49. The van der Waals surface area contributed by atoms with Crippen molar-refractivity contribution >= 4 is 22.9 Å². The monoisotopic (exact) mass is 396 g/mol. The van der Waals surface area contributed by atoms with Crippen LogP contribution >= 0.6 is 11.3 Å². The van der Waals surface area contributed by atoms with Crippen LogP contribution in [0.25, 0.3) is 10.6 Å². The number of aromatic nitrogens is 2. The fraction of sp³-hybridized carbons (Fsp3) is 0.250. The molecule has 0 atom stereocenters. The van der Waals surface area contributed by atoms with E-state index in [1.165, 1.54) is 11.3 Å². The quantitative estimate of drug-likeness (QED) is 0.733. The molecule has 4 rings (SSSR count). The Kier molecular flexibility index (Phi) is 5.12. The molecule has 144 valence electrons. The van der Waals surface area contributed by atoms with E-state index in [9.17, 15) is 9.59 Å². The van der Waals surface area contributed by atoms with Crippen molar-refractivity contribution in [1.29, 1.82) is 0 Å². The van der Waals surface area contributed by atoms with Crippen LogP contribution in [0, 0.1) is 0 Å². The average Bonchev–Trinajstić information content (AvgIpc) is 3.28. The summed E-state index contributed by atoms with van der Waals surface area (Å²) < 4.78 is 5.43. The van der Waals surface area contributed by atoms with Crippen LogP contribution in [0.4, 0.5) is 5.69 Å². The largest absolute Gasteiger partial charge is 0.495 e. The zero-order chi connectivity index (χ0) is 19.5. The molecule has 0 spiro atoms. The van der Waals surface area contributed by atoms with Crippen molar-refractivity contribution in [3.63, 3.8) is 0 Å². The van der Waals surface area contributed by atoms with Crippen molar-refractivity contribution in [1.82, 2.24) is 14.9 Å². The van der Waals surface area contributed by atoms with E-state index in [0.29, 0.717) is 31.9 Å². The molecule has 1 aromatic carbocycles. The SMILES string of the molecule is COc1ccccc1N1CCN(C(=O)c2cc(-c3cccs3)[nH]c(=O)n2)CC1. The number of rotatable bonds is 4. The fourth-order valence-corrected chi connectivity index (χ4v) is 4.03. The lowest BCUT2D eigenvalue weighted by molar-refractivity contribution is 0.0740. The summed E-state index contributed by atoms with van der Waals surface area (Å²) >= 11 is 1.50. The summed E-state index contributed by atoms with van der Waals surface area (Å²) in [5.74, 6) is 0.600. The van der Waals surface area contributed by atoms with Gasteiger partial charge < -0.3 is 19.5 Å². The highest BCUT2D eigenvalue weighted by Crippen LogP contribution is 2.28. The third kappa shape index (κ3) is 3.63. The Balaban J connectivity index is 1.49. The lowest BCUT2D eigenvalue weighted by Gasteiger charge is -2.36. The molecule has 3 heterocycles. The average molecular weight is 396 g/mol. The van der Waals surface area contributed by atoms with Gasteiger partial charge in [-0.15, -0.1) is 11.3 Å². The molecule has 1 aliphatic heterocycles. The summed E-state index contributed by atoms with van der Waals surface area (Å²) in [5.41, 5.74) is 1.30. The van der Waals surface area contributed by atoms with E-state index in [4.69, 9.17) is 4.74 Å². The first kappa shape index (κ1) is 18.2. The number of hydrogen-bond donors (Lipinski definition) is 1. The van der Waals surface area contributed by atoms with Gasteiger partial charge in [0.25, 0.3) is 5.91 Å². The molecule has 1 amide bonds. The summed E-state index contributed by atoms with van der Waals surface area (Å²) in [6, 6.07) is 13.3. The summed E-state index contributed by atoms with van der Waals surface area (Å²) in [5, 5.41) is 1.92. The van der Waals surface area contributed by atoms with E-state index in [1.807, 2.05) is 41.8 Å². The third-order valence-electron chi connectivity index (χ3n) is 4.74. The number of carbonyl (C=O) groups excluding carboxylic acids is 1. The van der Waals surface area contributed by atoms with Crippen LogP contribution in [0.5, 0.6) is 5.75 Å². The zero-order valence-corrected chi connectivity index (χ0v) is 16.2. The predicted octanol–water partition coefficient (Wildman–Crippen LogP) is 2.47. The molecular formula is C20H20N4O3S. The first-order valence-electron chi connectivity index (χ1n) is 8.98. The number of anilines is 1. The number of aromatic amines is 1. The Bertz CT molecular complexity index is 1020. The molecule has 1 aliphatic rings. The van der Waals surface area contributed by atoms with Gasteiger partial charge >= 0.3 is 5.69 Å².